The summed E-state index contributed by atoms with van der Waals surface area (Å²) >= 11 is 4.63. The van der Waals surface area contributed by atoms with E-state index in [1.165, 1.54) is 28.7 Å². The van der Waals surface area contributed by atoms with Crippen molar-refractivity contribution in [2.24, 2.45) is 0 Å². The summed E-state index contributed by atoms with van der Waals surface area (Å²) in [4.78, 5) is 17.0. The first-order chi connectivity index (χ1) is 15.7. The summed E-state index contributed by atoms with van der Waals surface area (Å²) in [6.45, 7) is 2.84. The summed E-state index contributed by atoms with van der Waals surface area (Å²) in [5.74, 6) is 2.80. The van der Waals surface area contributed by atoms with E-state index < -0.39 is 0 Å². The number of amides is 1. The van der Waals surface area contributed by atoms with E-state index in [9.17, 15) is 4.79 Å². The largest absolute Gasteiger partial charge is 0.306 e. The van der Waals surface area contributed by atoms with Crippen LogP contribution in [0.25, 0.3) is 11.3 Å². The Morgan fingerprint density at radius 1 is 1.03 bits per heavy atom. The van der Waals surface area contributed by atoms with Gasteiger partial charge in [0.15, 0.2) is 10.3 Å². The summed E-state index contributed by atoms with van der Waals surface area (Å²) in [7, 11) is 0. The third-order valence-corrected chi connectivity index (χ3v) is 7.33. The summed E-state index contributed by atoms with van der Waals surface area (Å²) in [5.41, 5.74) is 3.19. The molecule has 2 heterocycles. The van der Waals surface area contributed by atoms with Crippen LogP contribution in [0.4, 0.5) is 5.13 Å². The first-order valence-electron chi connectivity index (χ1n) is 10.2. The molecule has 1 amide bonds. The fourth-order valence-corrected chi connectivity index (χ4v) is 5.53. The molecule has 0 radical (unpaired) electrons. The van der Waals surface area contributed by atoms with Crippen molar-refractivity contribution in [1.29, 1.82) is 0 Å². The van der Waals surface area contributed by atoms with Crippen molar-refractivity contribution in [2.75, 3.05) is 11.1 Å². The number of carbonyl (C=O) groups excluding carboxylic acids is 1. The van der Waals surface area contributed by atoms with E-state index in [4.69, 9.17) is 0 Å². The van der Waals surface area contributed by atoms with Gasteiger partial charge >= 0.3 is 0 Å². The molecule has 0 atom stereocenters. The molecule has 0 aliphatic rings. The second-order valence-corrected chi connectivity index (χ2v) is 9.65. The summed E-state index contributed by atoms with van der Waals surface area (Å²) in [6.07, 6.45) is 0. The van der Waals surface area contributed by atoms with Crippen molar-refractivity contribution in [1.82, 2.24) is 19.7 Å². The predicted molar refractivity (Wildman–Crippen MR) is 134 cm³/mol. The molecule has 4 aromatic rings. The van der Waals surface area contributed by atoms with E-state index in [1.54, 1.807) is 0 Å². The molecule has 1 N–H and O–H groups in total. The zero-order valence-corrected chi connectivity index (χ0v) is 20.1. The van der Waals surface area contributed by atoms with Crippen LogP contribution in [0.15, 0.2) is 71.2 Å². The lowest BCUT2D eigenvalue weighted by molar-refractivity contribution is -0.113. The van der Waals surface area contributed by atoms with Crippen molar-refractivity contribution < 1.29 is 4.79 Å². The first kappa shape index (κ1) is 22.6. The van der Waals surface area contributed by atoms with Crippen LogP contribution >= 0.6 is 34.9 Å². The van der Waals surface area contributed by atoms with Crippen molar-refractivity contribution in [3.63, 3.8) is 0 Å². The molecule has 0 fully saturated rings. The number of thioether (sulfide) groups is 2. The Balaban J connectivity index is 1.29. The van der Waals surface area contributed by atoms with Crippen molar-refractivity contribution >= 4 is 45.9 Å². The lowest BCUT2D eigenvalue weighted by Gasteiger charge is -2.07. The monoisotopic (exact) mass is 481 g/mol. The smallest absolute Gasteiger partial charge is 0.236 e. The molecular formula is C23H23N5OS3. The highest BCUT2D eigenvalue weighted by atomic mass is 32.2. The zero-order chi connectivity index (χ0) is 22.2. The van der Waals surface area contributed by atoms with Gasteiger partial charge in [-0.05, 0) is 12.5 Å². The number of hydrogen-bond donors (Lipinski definition) is 1. The van der Waals surface area contributed by atoms with Gasteiger partial charge in [-0.15, -0.1) is 33.3 Å². The quantitative estimate of drug-likeness (QED) is 0.298. The molecule has 0 bridgehead atoms. The molecule has 9 heteroatoms. The van der Waals surface area contributed by atoms with Crippen LogP contribution in [-0.4, -0.2) is 31.4 Å². The van der Waals surface area contributed by atoms with E-state index in [0.29, 0.717) is 5.13 Å². The fraction of sp³-hybridized carbons (Fsp3) is 0.217. The minimum atomic E-state index is -0.102. The topological polar surface area (TPSA) is 72.7 Å². The Kier molecular flexibility index (Phi) is 7.97. The number of anilines is 1. The normalized spacial score (nSPS) is 10.9. The van der Waals surface area contributed by atoms with Gasteiger partial charge in [0.05, 0.1) is 17.2 Å². The lowest BCUT2D eigenvalue weighted by Crippen LogP contribution is -2.14. The van der Waals surface area contributed by atoms with Crippen LogP contribution in [0, 0.1) is 0 Å². The maximum absolute atomic E-state index is 12.4. The van der Waals surface area contributed by atoms with Gasteiger partial charge in [-0.1, -0.05) is 72.4 Å². The minimum absolute atomic E-state index is 0.102. The van der Waals surface area contributed by atoms with Gasteiger partial charge in [-0.25, -0.2) is 4.98 Å². The average Bonchev–Trinajstić information content (AvgIpc) is 3.45. The number of rotatable bonds is 10. The van der Waals surface area contributed by atoms with Crippen molar-refractivity contribution in [3.05, 3.63) is 77.4 Å². The van der Waals surface area contributed by atoms with Gasteiger partial charge < -0.3 is 9.88 Å². The highest BCUT2D eigenvalue weighted by Gasteiger charge is 2.14. The van der Waals surface area contributed by atoms with Gasteiger partial charge in [-0.2, -0.15) is 0 Å². The molecule has 0 aliphatic carbocycles. The van der Waals surface area contributed by atoms with Crippen LogP contribution in [-0.2, 0) is 22.8 Å². The van der Waals surface area contributed by atoms with E-state index in [2.05, 4.69) is 56.3 Å². The zero-order valence-electron chi connectivity index (χ0n) is 17.6. The van der Waals surface area contributed by atoms with Gasteiger partial charge in [0.1, 0.15) is 5.82 Å². The average molecular weight is 482 g/mol. The first-order valence-corrected chi connectivity index (χ1v) is 13.2. The third-order valence-electron chi connectivity index (χ3n) is 4.60. The molecule has 6 nitrogen and oxygen atoms in total. The number of aromatic nitrogens is 4. The summed E-state index contributed by atoms with van der Waals surface area (Å²) < 4.78 is 2.08. The molecule has 2 aromatic carbocycles. The Morgan fingerprint density at radius 2 is 1.78 bits per heavy atom. The van der Waals surface area contributed by atoms with Gasteiger partial charge in [0, 0.05) is 23.2 Å². The van der Waals surface area contributed by atoms with Gasteiger partial charge in [0.2, 0.25) is 5.91 Å². The molecule has 0 saturated heterocycles. The number of nitrogens with one attached hydrogen (secondary N) is 1. The van der Waals surface area contributed by atoms with Crippen LogP contribution in [0.5, 0.6) is 0 Å². The molecule has 164 valence electrons. The standard InChI is InChI=1S/C23H23N5OS3/c1-2-28-20(15-30-13-17-9-5-3-6-10-17)26-27-23(28)32-16-21(29)25-22-24-19(14-31-22)18-11-7-4-8-12-18/h3-12,14H,2,13,15-16H2,1H3,(H,24,25,29). The van der Waals surface area contributed by atoms with Crippen LogP contribution < -0.4 is 5.32 Å². The maximum atomic E-state index is 12.4. The summed E-state index contributed by atoms with van der Waals surface area (Å²) in [5, 5.41) is 14.9. The molecule has 0 aliphatic heterocycles. The highest BCUT2D eigenvalue weighted by Crippen LogP contribution is 2.25. The number of thiazole rings is 1. The number of hydrogen-bond acceptors (Lipinski definition) is 7. The summed E-state index contributed by atoms with van der Waals surface area (Å²) in [6, 6.07) is 20.3. The number of benzene rings is 2. The minimum Gasteiger partial charge on any atom is -0.306 e. The Labute approximate surface area is 199 Å². The van der Waals surface area contributed by atoms with Gasteiger partial charge in [0.25, 0.3) is 0 Å². The molecule has 2 aromatic heterocycles. The molecule has 0 unspecified atom stereocenters. The Hall–Kier alpha value is -2.62. The molecular weight excluding hydrogens is 458 g/mol. The SMILES string of the molecule is CCn1c(CSCc2ccccc2)nnc1SCC(=O)Nc1nc(-c2ccccc2)cs1. The predicted octanol–water partition coefficient (Wildman–Crippen LogP) is 5.59. The third kappa shape index (κ3) is 5.99. The number of carbonyl (C=O) groups is 1. The lowest BCUT2D eigenvalue weighted by atomic mass is 10.2. The molecule has 4 rings (SSSR count). The maximum Gasteiger partial charge on any atom is 0.236 e. The van der Waals surface area contributed by atoms with E-state index in [0.717, 1.165) is 40.3 Å². The number of nitrogens with zero attached hydrogens (tertiary/aromatic N) is 4. The Bertz CT molecular complexity index is 1140. The van der Waals surface area contributed by atoms with Crippen LogP contribution in [0.1, 0.15) is 18.3 Å². The highest BCUT2D eigenvalue weighted by molar-refractivity contribution is 7.99. The fourth-order valence-electron chi connectivity index (χ4n) is 3.04. The molecule has 0 spiro atoms. The van der Waals surface area contributed by atoms with E-state index in [1.807, 2.05) is 53.5 Å². The van der Waals surface area contributed by atoms with Crippen molar-refractivity contribution in [2.45, 2.75) is 30.1 Å². The van der Waals surface area contributed by atoms with Crippen LogP contribution in [0.2, 0.25) is 0 Å². The molecule has 0 saturated carbocycles. The van der Waals surface area contributed by atoms with Gasteiger partial charge in [-0.3, -0.25) is 4.79 Å². The van der Waals surface area contributed by atoms with Crippen molar-refractivity contribution in [3.8, 4) is 11.3 Å². The second-order valence-electron chi connectivity index (χ2n) is 6.86. The Morgan fingerprint density at radius 3 is 2.53 bits per heavy atom. The van der Waals surface area contributed by atoms with E-state index in [-0.39, 0.29) is 11.7 Å². The second kappa shape index (κ2) is 11.3. The van der Waals surface area contributed by atoms with Crippen LogP contribution in [0.3, 0.4) is 0 Å². The molecule has 32 heavy (non-hydrogen) atoms. The van der Waals surface area contributed by atoms with E-state index >= 15 is 0 Å².